The summed E-state index contributed by atoms with van der Waals surface area (Å²) in [7, 11) is 0. The van der Waals surface area contributed by atoms with E-state index in [9.17, 15) is 34.6 Å². The van der Waals surface area contributed by atoms with Crippen LogP contribution in [-0.2, 0) is 19.1 Å². The van der Waals surface area contributed by atoms with Crippen LogP contribution in [0.1, 0.15) is 37.8 Å². The molecule has 2 N–H and O–H groups in total. The molecule has 0 aliphatic carbocycles. The van der Waals surface area contributed by atoms with Crippen molar-refractivity contribution in [3.05, 3.63) is 105 Å². The van der Waals surface area contributed by atoms with E-state index in [0.29, 0.717) is 5.56 Å². The van der Waals surface area contributed by atoms with Gasteiger partial charge >= 0.3 is 11.9 Å². The minimum atomic E-state index is -1.27. The number of thiazole rings is 1. The summed E-state index contributed by atoms with van der Waals surface area (Å²) in [6, 6.07) is 10.9. The largest absolute Gasteiger partial charge is 0.463 e. The summed E-state index contributed by atoms with van der Waals surface area (Å²) in [4.78, 5) is 62.1. The second-order valence-corrected chi connectivity index (χ2v) is 10.1. The van der Waals surface area contributed by atoms with Crippen molar-refractivity contribution in [1.82, 2.24) is 4.57 Å². The number of aromatic nitrogens is 1. The smallest absolute Gasteiger partial charge is 0.338 e. The molecule has 0 spiro atoms. The quantitative estimate of drug-likeness (QED) is 0.235. The zero-order valence-electron chi connectivity index (χ0n) is 22.1. The Morgan fingerprint density at radius 2 is 1.68 bits per heavy atom. The highest BCUT2D eigenvalue weighted by Crippen LogP contribution is 2.39. The van der Waals surface area contributed by atoms with Crippen LogP contribution in [0.2, 0.25) is 0 Å². The van der Waals surface area contributed by atoms with E-state index in [1.165, 1.54) is 48.5 Å². The molecule has 1 atom stereocenters. The molecular formula is C27H24N4O9S. The Balaban J connectivity index is 2.13. The maximum Gasteiger partial charge on any atom is 0.338 e. The van der Waals surface area contributed by atoms with E-state index in [1.807, 2.05) is 0 Å². The van der Waals surface area contributed by atoms with E-state index >= 15 is 0 Å². The topological polar surface area (TPSA) is 187 Å². The van der Waals surface area contributed by atoms with Gasteiger partial charge < -0.3 is 15.2 Å². The molecule has 0 saturated heterocycles. The first kappa shape index (κ1) is 28.9. The number of rotatable bonds is 8. The van der Waals surface area contributed by atoms with Crippen LogP contribution in [0.4, 0.5) is 11.4 Å². The highest BCUT2D eigenvalue weighted by molar-refractivity contribution is 7.07. The van der Waals surface area contributed by atoms with E-state index in [-0.39, 0.29) is 49.7 Å². The number of hydrogen-bond acceptors (Lipinski definition) is 11. The molecule has 1 aliphatic rings. The maximum atomic E-state index is 13.6. The van der Waals surface area contributed by atoms with E-state index in [1.54, 1.807) is 26.8 Å². The first-order valence-corrected chi connectivity index (χ1v) is 13.1. The van der Waals surface area contributed by atoms with Gasteiger partial charge in [0.05, 0.1) is 44.2 Å². The Hall–Kier alpha value is -5.11. The van der Waals surface area contributed by atoms with Crippen molar-refractivity contribution in [3.63, 3.8) is 0 Å². The molecule has 41 heavy (non-hydrogen) atoms. The van der Waals surface area contributed by atoms with Crippen molar-refractivity contribution >= 4 is 52.1 Å². The van der Waals surface area contributed by atoms with Gasteiger partial charge in [0, 0.05) is 24.3 Å². The van der Waals surface area contributed by atoms with Crippen LogP contribution < -0.4 is 20.5 Å². The standard InChI is InChI=1S/C27H24N4O9S/c1-4-39-26(33)21-20(16-8-6-10-18(13-16)31(37)38)22(27(34)40-14(2)3)25-29(23(21)28)24(32)19(41-25)12-15-7-5-9-17(11-15)30(35)36/h5-14,20H,4,28H2,1-3H3. The minimum absolute atomic E-state index is 0.0411. The average Bonchev–Trinajstić information content (AvgIpc) is 3.23. The summed E-state index contributed by atoms with van der Waals surface area (Å²) >= 11 is 0.861. The van der Waals surface area contributed by atoms with Gasteiger partial charge in [-0.15, -0.1) is 11.3 Å². The lowest BCUT2D eigenvalue weighted by Gasteiger charge is -2.27. The van der Waals surface area contributed by atoms with Crippen LogP contribution in [0.15, 0.2) is 58.9 Å². The predicted molar refractivity (Wildman–Crippen MR) is 149 cm³/mol. The molecule has 1 aliphatic heterocycles. The number of carbonyl (C=O) groups excluding carboxylic acids is 2. The van der Waals surface area contributed by atoms with Gasteiger partial charge in [-0.05, 0) is 38.0 Å². The lowest BCUT2D eigenvalue weighted by Crippen LogP contribution is -2.42. The maximum absolute atomic E-state index is 13.6. The monoisotopic (exact) mass is 580 g/mol. The molecule has 0 amide bonds. The average molecular weight is 581 g/mol. The van der Waals surface area contributed by atoms with Crippen LogP contribution in [0.3, 0.4) is 0 Å². The third-order valence-electron chi connectivity index (χ3n) is 6.00. The molecule has 0 fully saturated rings. The molecule has 2 aromatic carbocycles. The normalized spacial score (nSPS) is 15.1. The Kier molecular flexibility index (Phi) is 8.14. The van der Waals surface area contributed by atoms with Crippen molar-refractivity contribution in [3.8, 4) is 0 Å². The van der Waals surface area contributed by atoms with Crippen molar-refractivity contribution in [2.45, 2.75) is 32.8 Å². The number of benzene rings is 2. The first-order chi connectivity index (χ1) is 19.4. The van der Waals surface area contributed by atoms with Crippen LogP contribution in [-0.4, -0.2) is 39.1 Å². The molecule has 14 heteroatoms. The number of hydrogen-bond donors (Lipinski definition) is 1. The summed E-state index contributed by atoms with van der Waals surface area (Å²) < 4.78 is 11.8. The molecule has 1 aromatic heterocycles. The molecule has 3 aromatic rings. The van der Waals surface area contributed by atoms with E-state index < -0.39 is 39.4 Å². The van der Waals surface area contributed by atoms with Crippen molar-refractivity contribution in [2.75, 3.05) is 6.61 Å². The summed E-state index contributed by atoms with van der Waals surface area (Å²) in [5, 5.41) is 22.8. The second kappa shape index (κ2) is 11.6. The van der Waals surface area contributed by atoms with Gasteiger partial charge in [-0.1, -0.05) is 24.3 Å². The van der Waals surface area contributed by atoms with Gasteiger partial charge in [0.2, 0.25) is 0 Å². The number of nitrogens with two attached hydrogens (primary N) is 1. The lowest BCUT2D eigenvalue weighted by molar-refractivity contribution is -0.385. The summed E-state index contributed by atoms with van der Waals surface area (Å²) in [6.45, 7) is 4.73. The highest BCUT2D eigenvalue weighted by Gasteiger charge is 2.40. The number of nitrogens with zero attached hydrogens (tertiary/aromatic N) is 3. The number of carbonyl (C=O) groups is 2. The Bertz CT molecular complexity index is 1800. The van der Waals surface area contributed by atoms with Gasteiger partial charge in [-0.3, -0.25) is 29.6 Å². The predicted octanol–water partition coefficient (Wildman–Crippen LogP) is 2.15. The summed E-state index contributed by atoms with van der Waals surface area (Å²) in [6.07, 6.45) is 0.808. The van der Waals surface area contributed by atoms with Crippen LogP contribution in [0, 0.1) is 20.2 Å². The number of ether oxygens (including phenoxy) is 2. The number of non-ortho nitro benzene ring substituents is 2. The molecule has 4 rings (SSSR count). The Morgan fingerprint density at radius 1 is 1.05 bits per heavy atom. The third kappa shape index (κ3) is 5.63. The number of nitro benzene ring substituents is 2. The zero-order chi connectivity index (χ0) is 30.0. The summed E-state index contributed by atoms with van der Waals surface area (Å²) in [5.41, 5.74) is 5.36. The minimum Gasteiger partial charge on any atom is -0.463 e. The zero-order valence-corrected chi connectivity index (χ0v) is 22.9. The SMILES string of the molecule is CCOC(=O)C1=C(N)n2c(sc(=Cc3cccc([N+](=O)[O-])c3)c2=O)=C(C(=O)OC(C)C)C1c1cccc([N+](=O)[O-])c1. The van der Waals surface area contributed by atoms with Crippen molar-refractivity contribution < 1.29 is 28.9 Å². The van der Waals surface area contributed by atoms with Crippen LogP contribution in [0.5, 0.6) is 0 Å². The third-order valence-corrected chi connectivity index (χ3v) is 7.11. The van der Waals surface area contributed by atoms with Gasteiger partial charge in [-0.2, -0.15) is 0 Å². The molecular weight excluding hydrogens is 556 g/mol. The van der Waals surface area contributed by atoms with Crippen LogP contribution >= 0.6 is 11.3 Å². The Morgan fingerprint density at radius 3 is 2.29 bits per heavy atom. The molecule has 0 saturated carbocycles. The summed E-state index contributed by atoms with van der Waals surface area (Å²) in [5.74, 6) is -3.40. The Labute approximate surface area is 235 Å². The van der Waals surface area contributed by atoms with E-state index in [0.717, 1.165) is 15.9 Å². The van der Waals surface area contributed by atoms with Crippen LogP contribution in [0.25, 0.3) is 17.5 Å². The molecule has 0 radical (unpaired) electrons. The van der Waals surface area contributed by atoms with Gasteiger partial charge in [-0.25, -0.2) is 9.59 Å². The highest BCUT2D eigenvalue weighted by atomic mass is 32.1. The first-order valence-electron chi connectivity index (χ1n) is 12.3. The fourth-order valence-corrected chi connectivity index (χ4v) is 5.53. The molecule has 2 heterocycles. The number of nitro groups is 2. The molecule has 0 bridgehead atoms. The van der Waals surface area contributed by atoms with Gasteiger partial charge in [0.15, 0.2) is 0 Å². The number of esters is 2. The molecule has 13 nitrogen and oxygen atoms in total. The fourth-order valence-electron chi connectivity index (χ4n) is 4.36. The molecule has 1 unspecified atom stereocenters. The number of fused-ring (bicyclic) bond motifs is 1. The van der Waals surface area contributed by atoms with Gasteiger partial charge in [0.1, 0.15) is 10.5 Å². The molecule has 212 valence electrons. The van der Waals surface area contributed by atoms with E-state index in [4.69, 9.17) is 15.2 Å². The van der Waals surface area contributed by atoms with Crippen molar-refractivity contribution in [1.29, 1.82) is 0 Å². The fraction of sp³-hybridized carbons (Fsp3) is 0.222. The van der Waals surface area contributed by atoms with Crippen molar-refractivity contribution in [2.24, 2.45) is 5.73 Å². The van der Waals surface area contributed by atoms with E-state index in [2.05, 4.69) is 0 Å². The lowest BCUT2D eigenvalue weighted by atomic mass is 9.83. The van der Waals surface area contributed by atoms with Gasteiger partial charge in [0.25, 0.3) is 16.9 Å². The second-order valence-electron chi connectivity index (χ2n) is 9.08.